The van der Waals surface area contributed by atoms with Crippen LogP contribution in [0.4, 0.5) is 0 Å². The predicted molar refractivity (Wildman–Crippen MR) is 92.5 cm³/mol. The summed E-state index contributed by atoms with van der Waals surface area (Å²) >= 11 is 0. The largest absolute Gasteiger partial charge is 0.481 e. The molecule has 7 heteroatoms. The summed E-state index contributed by atoms with van der Waals surface area (Å²) in [6.07, 6.45) is 2.03. The number of nitrogens with zero attached hydrogens (tertiary/aromatic N) is 4. The molecule has 0 aromatic carbocycles. The molecule has 1 N–H and O–H groups in total. The summed E-state index contributed by atoms with van der Waals surface area (Å²) in [5, 5.41) is 14.8. The molecule has 1 fully saturated rings. The topological polar surface area (TPSA) is 84.5 Å². The van der Waals surface area contributed by atoms with Gasteiger partial charge in [-0.3, -0.25) is 4.90 Å². The first kappa shape index (κ1) is 17.8. The molecule has 1 aliphatic heterocycles. The van der Waals surface area contributed by atoms with Crippen LogP contribution in [-0.2, 0) is 13.0 Å². The molecule has 1 aliphatic rings. The van der Waals surface area contributed by atoms with Crippen LogP contribution in [0.2, 0.25) is 0 Å². The fourth-order valence-corrected chi connectivity index (χ4v) is 3.59. The maximum absolute atomic E-state index is 11.0. The number of ether oxygens (including phenoxy) is 1. The lowest BCUT2D eigenvalue weighted by molar-refractivity contribution is -0.0375. The lowest BCUT2D eigenvalue weighted by atomic mass is 9.89. The van der Waals surface area contributed by atoms with Crippen LogP contribution in [0.5, 0.6) is 5.88 Å². The number of β-amino-alcohol motifs (C(OH)–C–C–N with tert-alkyl or cyclic N) is 1. The normalized spacial score (nSPS) is 21.5. The van der Waals surface area contributed by atoms with Crippen LogP contribution in [0.15, 0.2) is 10.6 Å². The number of hydrogen-bond acceptors (Lipinski definition) is 7. The maximum Gasteiger partial charge on any atom is 0.229 e. The minimum absolute atomic E-state index is 0.382. The summed E-state index contributed by atoms with van der Waals surface area (Å²) in [5.74, 6) is 1.75. The smallest absolute Gasteiger partial charge is 0.229 e. The van der Waals surface area contributed by atoms with Gasteiger partial charge in [-0.15, -0.1) is 0 Å². The summed E-state index contributed by atoms with van der Waals surface area (Å²) in [4.78, 5) is 10.9. The van der Waals surface area contributed by atoms with Crippen molar-refractivity contribution in [3.05, 3.63) is 34.6 Å². The van der Waals surface area contributed by atoms with Gasteiger partial charge in [0.1, 0.15) is 0 Å². The van der Waals surface area contributed by atoms with Crippen molar-refractivity contribution in [1.29, 1.82) is 0 Å². The molecule has 3 heterocycles. The lowest BCUT2D eigenvalue weighted by Crippen LogP contribution is -2.49. The summed E-state index contributed by atoms with van der Waals surface area (Å²) in [6, 6.07) is 2.06. The Labute approximate surface area is 148 Å². The average molecular weight is 346 g/mol. The molecule has 25 heavy (non-hydrogen) atoms. The molecule has 0 spiro atoms. The SMILES string of the molecule is COc1nc(C)cc(C)c1CN1CCCC(O)(Cc2nc(C)no2)C1. The Morgan fingerprint density at radius 2 is 2.12 bits per heavy atom. The van der Waals surface area contributed by atoms with Crippen molar-refractivity contribution in [3.8, 4) is 5.88 Å². The highest BCUT2D eigenvalue weighted by molar-refractivity contribution is 5.36. The van der Waals surface area contributed by atoms with E-state index < -0.39 is 5.60 Å². The van der Waals surface area contributed by atoms with Gasteiger partial charge >= 0.3 is 0 Å². The molecule has 0 bridgehead atoms. The number of hydrogen-bond donors (Lipinski definition) is 1. The van der Waals surface area contributed by atoms with E-state index in [1.807, 2.05) is 6.92 Å². The van der Waals surface area contributed by atoms with Crippen LogP contribution >= 0.6 is 0 Å². The van der Waals surface area contributed by atoms with Gasteiger partial charge in [-0.25, -0.2) is 4.98 Å². The highest BCUT2D eigenvalue weighted by Gasteiger charge is 2.35. The third-order valence-corrected chi connectivity index (χ3v) is 4.70. The highest BCUT2D eigenvalue weighted by atomic mass is 16.5. The van der Waals surface area contributed by atoms with E-state index in [1.54, 1.807) is 14.0 Å². The molecule has 3 rings (SSSR count). The third kappa shape index (κ3) is 4.16. The van der Waals surface area contributed by atoms with Crippen LogP contribution < -0.4 is 4.74 Å². The first-order valence-electron chi connectivity index (χ1n) is 8.63. The number of piperidine rings is 1. The summed E-state index contributed by atoms with van der Waals surface area (Å²) in [6.45, 7) is 8.01. The van der Waals surface area contributed by atoms with Gasteiger partial charge < -0.3 is 14.4 Å². The molecule has 136 valence electrons. The van der Waals surface area contributed by atoms with E-state index in [4.69, 9.17) is 9.26 Å². The first-order valence-corrected chi connectivity index (χ1v) is 8.63. The Morgan fingerprint density at radius 1 is 1.32 bits per heavy atom. The van der Waals surface area contributed by atoms with Crippen LogP contribution in [0.3, 0.4) is 0 Å². The van der Waals surface area contributed by atoms with Crippen LogP contribution in [0.1, 0.15) is 41.4 Å². The van der Waals surface area contributed by atoms with Gasteiger partial charge in [-0.05, 0) is 51.8 Å². The zero-order valence-corrected chi connectivity index (χ0v) is 15.4. The van der Waals surface area contributed by atoms with E-state index in [-0.39, 0.29) is 0 Å². The van der Waals surface area contributed by atoms with Crippen molar-refractivity contribution in [3.63, 3.8) is 0 Å². The average Bonchev–Trinajstić information content (AvgIpc) is 2.94. The van der Waals surface area contributed by atoms with Gasteiger partial charge in [0.25, 0.3) is 0 Å². The predicted octanol–water partition coefficient (Wildman–Crippen LogP) is 1.97. The standard InChI is InChI=1S/C18H26N4O3/c1-12-8-13(2)19-17(24-4)15(12)10-22-7-5-6-18(23,11-22)9-16-20-14(3)21-25-16/h8,23H,5-7,9-11H2,1-4H3. The van der Waals surface area contributed by atoms with Gasteiger partial charge in [0.05, 0.1) is 19.1 Å². The van der Waals surface area contributed by atoms with Gasteiger partial charge in [-0.1, -0.05) is 5.16 Å². The Balaban J connectivity index is 1.73. The molecule has 2 aromatic rings. The van der Waals surface area contributed by atoms with Crippen molar-refractivity contribution in [2.45, 2.75) is 52.2 Å². The quantitative estimate of drug-likeness (QED) is 0.886. The third-order valence-electron chi connectivity index (χ3n) is 4.70. The molecule has 1 unspecified atom stereocenters. The van der Waals surface area contributed by atoms with Gasteiger partial charge in [0.2, 0.25) is 11.8 Å². The van der Waals surface area contributed by atoms with Crippen molar-refractivity contribution in [2.75, 3.05) is 20.2 Å². The van der Waals surface area contributed by atoms with Gasteiger partial charge in [0, 0.05) is 24.3 Å². The van der Waals surface area contributed by atoms with E-state index in [1.165, 1.54) is 0 Å². The van der Waals surface area contributed by atoms with Crippen LogP contribution in [-0.4, -0.2) is 50.9 Å². The van der Waals surface area contributed by atoms with E-state index >= 15 is 0 Å². The molecular formula is C18H26N4O3. The number of aromatic nitrogens is 3. The highest BCUT2D eigenvalue weighted by Crippen LogP contribution is 2.28. The number of aliphatic hydroxyl groups is 1. The fourth-order valence-electron chi connectivity index (χ4n) is 3.59. The molecule has 0 radical (unpaired) electrons. The van der Waals surface area contributed by atoms with E-state index in [0.29, 0.717) is 37.1 Å². The number of likely N-dealkylation sites (tertiary alicyclic amines) is 1. The zero-order chi connectivity index (χ0) is 18.0. The van der Waals surface area contributed by atoms with E-state index in [0.717, 1.165) is 36.2 Å². The maximum atomic E-state index is 11.0. The monoisotopic (exact) mass is 346 g/mol. The minimum atomic E-state index is -0.851. The second-order valence-electron chi connectivity index (χ2n) is 7.02. The van der Waals surface area contributed by atoms with Crippen molar-refractivity contribution < 1.29 is 14.4 Å². The number of aryl methyl sites for hydroxylation is 3. The van der Waals surface area contributed by atoms with Gasteiger partial charge in [0.15, 0.2) is 5.82 Å². The molecular weight excluding hydrogens is 320 g/mol. The van der Waals surface area contributed by atoms with E-state index in [2.05, 4.69) is 33.0 Å². The van der Waals surface area contributed by atoms with Gasteiger partial charge in [-0.2, -0.15) is 4.98 Å². The zero-order valence-electron chi connectivity index (χ0n) is 15.4. The summed E-state index contributed by atoms with van der Waals surface area (Å²) in [7, 11) is 1.65. The van der Waals surface area contributed by atoms with E-state index in [9.17, 15) is 5.11 Å². The lowest BCUT2D eigenvalue weighted by Gasteiger charge is -2.38. The fraction of sp³-hybridized carbons (Fsp3) is 0.611. The number of methoxy groups -OCH3 is 1. The van der Waals surface area contributed by atoms with Crippen LogP contribution in [0, 0.1) is 20.8 Å². The number of rotatable bonds is 5. The van der Waals surface area contributed by atoms with Crippen molar-refractivity contribution in [1.82, 2.24) is 20.0 Å². The van der Waals surface area contributed by atoms with Crippen LogP contribution in [0.25, 0.3) is 0 Å². The number of pyridine rings is 1. The Morgan fingerprint density at radius 3 is 2.80 bits per heavy atom. The first-order chi connectivity index (χ1) is 11.9. The Kier molecular flexibility index (Phi) is 5.06. The summed E-state index contributed by atoms with van der Waals surface area (Å²) < 4.78 is 10.7. The minimum Gasteiger partial charge on any atom is -0.481 e. The Bertz CT molecular complexity index is 746. The molecule has 7 nitrogen and oxygen atoms in total. The summed E-state index contributed by atoms with van der Waals surface area (Å²) in [5.41, 5.74) is 2.33. The molecule has 1 saturated heterocycles. The molecule has 0 amide bonds. The second kappa shape index (κ2) is 7.09. The molecule has 1 atom stereocenters. The molecule has 0 aliphatic carbocycles. The van der Waals surface area contributed by atoms with Crippen molar-refractivity contribution >= 4 is 0 Å². The second-order valence-corrected chi connectivity index (χ2v) is 7.02. The Hall–Kier alpha value is -1.99. The van der Waals surface area contributed by atoms with Crippen molar-refractivity contribution in [2.24, 2.45) is 0 Å². The molecule has 2 aromatic heterocycles. The molecule has 0 saturated carbocycles.